The number of hydrogen-bond acceptors (Lipinski definition) is 4. The summed E-state index contributed by atoms with van der Waals surface area (Å²) in [6, 6.07) is 12.3. The van der Waals surface area contributed by atoms with Crippen molar-refractivity contribution >= 4 is 39.1 Å². The lowest BCUT2D eigenvalue weighted by atomic mass is 10.1. The smallest absolute Gasteiger partial charge is 0.242 e. The van der Waals surface area contributed by atoms with Crippen molar-refractivity contribution in [2.45, 2.75) is 59.5 Å². The maximum atomic E-state index is 13.3. The number of aryl methyl sites for hydroxylation is 1. The second kappa shape index (κ2) is 12.9. The molecule has 0 spiro atoms. The average molecular weight is 522 g/mol. The largest absolute Gasteiger partial charge is 0.354 e. The first-order valence-corrected chi connectivity index (χ1v) is 14.0. The molecule has 0 aromatic heterocycles. The summed E-state index contributed by atoms with van der Waals surface area (Å²) in [5.41, 5.74) is 3.19. The lowest BCUT2D eigenvalue weighted by Crippen LogP contribution is -2.47. The molecule has 2 rings (SSSR count). The van der Waals surface area contributed by atoms with Crippen LogP contribution in [0.5, 0.6) is 0 Å². The number of halogens is 1. The number of nitrogens with one attached hydrogen (secondary N) is 1. The highest BCUT2D eigenvalue weighted by molar-refractivity contribution is 7.92. The number of benzene rings is 2. The van der Waals surface area contributed by atoms with Gasteiger partial charge in [0.05, 0.1) is 11.9 Å². The van der Waals surface area contributed by atoms with Crippen molar-refractivity contribution in [3.05, 3.63) is 64.2 Å². The minimum Gasteiger partial charge on any atom is -0.354 e. The molecular weight excluding hydrogens is 486 g/mol. The third-order valence-corrected chi connectivity index (χ3v) is 7.44. The summed E-state index contributed by atoms with van der Waals surface area (Å²) in [4.78, 5) is 27.5. The molecule has 0 radical (unpaired) electrons. The normalized spacial score (nSPS) is 12.2. The minimum atomic E-state index is -3.58. The Labute approximate surface area is 214 Å². The Hall–Kier alpha value is -2.58. The fraction of sp³-hybridized carbons (Fsp3) is 0.462. The summed E-state index contributed by atoms with van der Waals surface area (Å²) in [5, 5.41) is 3.33. The van der Waals surface area contributed by atoms with Crippen LogP contribution in [0.25, 0.3) is 0 Å². The quantitative estimate of drug-likeness (QED) is 0.447. The van der Waals surface area contributed by atoms with Crippen molar-refractivity contribution < 1.29 is 18.0 Å². The van der Waals surface area contributed by atoms with E-state index in [0.29, 0.717) is 35.8 Å². The van der Waals surface area contributed by atoms with Gasteiger partial charge in [-0.15, -0.1) is 0 Å². The monoisotopic (exact) mass is 521 g/mol. The van der Waals surface area contributed by atoms with Crippen molar-refractivity contribution in [1.82, 2.24) is 10.2 Å². The van der Waals surface area contributed by atoms with Crippen molar-refractivity contribution in [3.63, 3.8) is 0 Å². The van der Waals surface area contributed by atoms with Gasteiger partial charge in [0.1, 0.15) is 6.04 Å². The predicted octanol–water partition coefficient (Wildman–Crippen LogP) is 4.45. The summed E-state index contributed by atoms with van der Waals surface area (Å²) in [6.07, 6.45) is 2.34. The first kappa shape index (κ1) is 28.7. The van der Waals surface area contributed by atoms with E-state index in [1.807, 2.05) is 38.1 Å². The van der Waals surface area contributed by atoms with E-state index in [1.54, 1.807) is 36.9 Å². The van der Waals surface area contributed by atoms with E-state index in [1.165, 1.54) is 4.31 Å². The second-order valence-electron chi connectivity index (χ2n) is 8.80. The van der Waals surface area contributed by atoms with Crippen LogP contribution in [0.15, 0.2) is 42.5 Å². The van der Waals surface area contributed by atoms with Gasteiger partial charge in [0, 0.05) is 31.1 Å². The van der Waals surface area contributed by atoms with Crippen molar-refractivity contribution in [2.75, 3.05) is 23.7 Å². The van der Waals surface area contributed by atoms with E-state index in [2.05, 4.69) is 5.32 Å². The summed E-state index contributed by atoms with van der Waals surface area (Å²) in [7, 11) is -3.58. The summed E-state index contributed by atoms with van der Waals surface area (Å²) in [6.45, 7) is 8.40. The molecule has 9 heteroatoms. The average Bonchev–Trinajstić information content (AvgIpc) is 2.80. The number of nitrogens with zero attached hydrogens (tertiary/aromatic N) is 2. The van der Waals surface area contributed by atoms with Gasteiger partial charge < -0.3 is 10.2 Å². The van der Waals surface area contributed by atoms with Gasteiger partial charge in [0.2, 0.25) is 21.8 Å². The lowest BCUT2D eigenvalue weighted by molar-refractivity contribution is -0.140. The highest BCUT2D eigenvalue weighted by Crippen LogP contribution is 2.28. The van der Waals surface area contributed by atoms with E-state index in [0.717, 1.165) is 23.8 Å². The van der Waals surface area contributed by atoms with Crippen LogP contribution in [0.4, 0.5) is 5.69 Å². The lowest BCUT2D eigenvalue weighted by Gasteiger charge is -2.29. The Morgan fingerprint density at radius 2 is 1.74 bits per heavy atom. The van der Waals surface area contributed by atoms with E-state index in [9.17, 15) is 18.0 Å². The van der Waals surface area contributed by atoms with Crippen molar-refractivity contribution in [1.29, 1.82) is 0 Å². The molecule has 2 aromatic rings. The van der Waals surface area contributed by atoms with Gasteiger partial charge in [0.15, 0.2) is 0 Å². The standard InChI is InChI=1S/C26H36ClN3O4S/c1-6-16-28-26(32)21(4)29(18-22-14-12-19(2)13-15-22)25(31)11-8-17-30(35(5,33)34)24-10-7-9-23(27)20(24)3/h7,9-10,12-15,21H,6,8,11,16-18H2,1-5H3,(H,28,32)/t21-/m0/s1. The molecule has 0 unspecified atom stereocenters. The number of rotatable bonds is 12. The molecule has 0 aliphatic rings. The minimum absolute atomic E-state index is 0.100. The van der Waals surface area contributed by atoms with Gasteiger partial charge in [-0.3, -0.25) is 13.9 Å². The maximum absolute atomic E-state index is 13.3. The van der Waals surface area contributed by atoms with Gasteiger partial charge in [-0.05, 0) is 56.9 Å². The molecule has 2 aromatic carbocycles. The van der Waals surface area contributed by atoms with Crippen LogP contribution in [-0.2, 0) is 26.2 Å². The van der Waals surface area contributed by atoms with Crippen molar-refractivity contribution in [3.8, 4) is 0 Å². The molecule has 2 amide bonds. The SMILES string of the molecule is CCCNC(=O)[C@H](C)N(Cc1ccc(C)cc1)C(=O)CCCN(c1cccc(Cl)c1C)S(C)(=O)=O. The molecule has 0 aliphatic heterocycles. The molecule has 7 nitrogen and oxygen atoms in total. The third-order valence-electron chi connectivity index (χ3n) is 5.85. The first-order valence-electron chi connectivity index (χ1n) is 11.8. The number of anilines is 1. The van der Waals surface area contributed by atoms with Gasteiger partial charge in [-0.1, -0.05) is 54.4 Å². The summed E-state index contributed by atoms with van der Waals surface area (Å²) >= 11 is 6.20. The Balaban J connectivity index is 2.18. The fourth-order valence-corrected chi connectivity index (χ4v) is 4.90. The molecule has 1 atom stereocenters. The van der Waals surface area contributed by atoms with E-state index < -0.39 is 16.1 Å². The van der Waals surface area contributed by atoms with Gasteiger partial charge in [-0.2, -0.15) is 0 Å². The third kappa shape index (κ3) is 8.25. The molecule has 1 N–H and O–H groups in total. The Morgan fingerprint density at radius 1 is 1.09 bits per heavy atom. The zero-order valence-corrected chi connectivity index (χ0v) is 22.7. The fourth-order valence-electron chi connectivity index (χ4n) is 3.72. The summed E-state index contributed by atoms with van der Waals surface area (Å²) < 4.78 is 26.3. The Morgan fingerprint density at radius 3 is 2.34 bits per heavy atom. The van der Waals surface area contributed by atoms with Crippen LogP contribution in [0.2, 0.25) is 5.02 Å². The second-order valence-corrected chi connectivity index (χ2v) is 11.1. The number of carbonyl (C=O) groups excluding carboxylic acids is 2. The summed E-state index contributed by atoms with van der Waals surface area (Å²) in [5.74, 6) is -0.416. The van der Waals surface area contributed by atoms with Gasteiger partial charge >= 0.3 is 0 Å². The Bertz CT molecular complexity index is 1120. The van der Waals surface area contributed by atoms with Crippen LogP contribution in [0.3, 0.4) is 0 Å². The highest BCUT2D eigenvalue weighted by atomic mass is 35.5. The number of carbonyl (C=O) groups is 2. The van der Waals surface area contributed by atoms with E-state index in [-0.39, 0.29) is 24.8 Å². The zero-order chi connectivity index (χ0) is 26.2. The molecule has 192 valence electrons. The highest BCUT2D eigenvalue weighted by Gasteiger charge is 2.26. The van der Waals surface area contributed by atoms with Crippen LogP contribution < -0.4 is 9.62 Å². The van der Waals surface area contributed by atoms with Crippen LogP contribution in [-0.4, -0.2) is 50.5 Å². The maximum Gasteiger partial charge on any atom is 0.242 e. The van der Waals surface area contributed by atoms with Gasteiger partial charge in [0.25, 0.3) is 0 Å². The van der Waals surface area contributed by atoms with Crippen LogP contribution in [0.1, 0.15) is 49.8 Å². The zero-order valence-electron chi connectivity index (χ0n) is 21.2. The molecule has 0 aliphatic carbocycles. The number of sulfonamides is 1. The molecule has 0 saturated carbocycles. The topological polar surface area (TPSA) is 86.8 Å². The number of amides is 2. The van der Waals surface area contributed by atoms with Crippen LogP contribution in [0, 0.1) is 13.8 Å². The van der Waals surface area contributed by atoms with E-state index >= 15 is 0 Å². The molecule has 0 bridgehead atoms. The molecule has 0 heterocycles. The molecule has 35 heavy (non-hydrogen) atoms. The molecule has 0 fully saturated rings. The number of hydrogen-bond donors (Lipinski definition) is 1. The predicted molar refractivity (Wildman–Crippen MR) is 142 cm³/mol. The first-order chi connectivity index (χ1) is 16.5. The van der Waals surface area contributed by atoms with E-state index in [4.69, 9.17) is 11.6 Å². The van der Waals surface area contributed by atoms with Crippen LogP contribution >= 0.6 is 11.6 Å². The van der Waals surface area contributed by atoms with Gasteiger partial charge in [-0.25, -0.2) is 8.42 Å². The Kier molecular flexibility index (Phi) is 10.6. The molecular formula is C26H36ClN3O4S. The molecule has 0 saturated heterocycles. The van der Waals surface area contributed by atoms with Crippen molar-refractivity contribution in [2.24, 2.45) is 0 Å².